The summed E-state index contributed by atoms with van der Waals surface area (Å²) < 4.78 is 65.9. The van der Waals surface area contributed by atoms with Crippen LogP contribution in [0.3, 0.4) is 0 Å². The summed E-state index contributed by atoms with van der Waals surface area (Å²) in [5, 5.41) is 18.7. The van der Waals surface area contributed by atoms with Gasteiger partial charge in [-0.1, -0.05) is 0 Å². The van der Waals surface area contributed by atoms with Crippen molar-refractivity contribution in [2.45, 2.75) is 0 Å². The van der Waals surface area contributed by atoms with Crippen LogP contribution in [0.1, 0.15) is 15.9 Å². The topological polar surface area (TPSA) is 57.5 Å². The number of allylic oxidation sites excluding steroid dienone is 1. The third kappa shape index (κ3) is 3.01. The van der Waals surface area contributed by atoms with Gasteiger partial charge in [0.2, 0.25) is 5.82 Å². The number of benzene rings is 2. The zero-order valence-electron chi connectivity index (χ0n) is 11.1. The molecule has 0 aliphatic carbocycles. The largest absolute Gasteiger partial charge is 0.508 e. The predicted molar refractivity (Wildman–Crippen MR) is 69.4 cm³/mol. The quantitative estimate of drug-likeness (QED) is 0.225. The van der Waals surface area contributed by atoms with Crippen molar-refractivity contribution in [2.24, 2.45) is 0 Å². The summed E-state index contributed by atoms with van der Waals surface area (Å²) >= 11 is 0. The molecular formula is C15H7F5O3. The summed E-state index contributed by atoms with van der Waals surface area (Å²) in [5.41, 5.74) is -1.71. The molecule has 0 aromatic heterocycles. The molecule has 0 saturated heterocycles. The van der Waals surface area contributed by atoms with Gasteiger partial charge in [0.05, 0.1) is 5.56 Å². The molecule has 0 spiro atoms. The van der Waals surface area contributed by atoms with Gasteiger partial charge in [-0.05, 0) is 30.4 Å². The smallest absolute Gasteiger partial charge is 0.200 e. The molecule has 3 nitrogen and oxygen atoms in total. The van der Waals surface area contributed by atoms with Crippen molar-refractivity contribution in [1.82, 2.24) is 0 Å². The van der Waals surface area contributed by atoms with E-state index < -0.39 is 40.4 Å². The lowest BCUT2D eigenvalue weighted by Gasteiger charge is -2.05. The SMILES string of the molecule is O=C(/C=C/c1cc(O)ccc1O)c1c(F)c(F)c(F)c(F)c1F. The second kappa shape index (κ2) is 6.07. The third-order valence-electron chi connectivity index (χ3n) is 2.88. The van der Waals surface area contributed by atoms with Gasteiger partial charge in [0.15, 0.2) is 29.1 Å². The molecule has 120 valence electrons. The summed E-state index contributed by atoms with van der Waals surface area (Å²) in [4.78, 5) is 11.7. The van der Waals surface area contributed by atoms with Gasteiger partial charge in [-0.25, -0.2) is 22.0 Å². The summed E-state index contributed by atoms with van der Waals surface area (Å²) in [6.45, 7) is 0. The van der Waals surface area contributed by atoms with Crippen LogP contribution in [0.5, 0.6) is 11.5 Å². The van der Waals surface area contributed by atoms with Crippen LogP contribution in [0.2, 0.25) is 0 Å². The molecule has 0 unspecified atom stereocenters. The standard InChI is InChI=1S/C15H7F5O3/c16-11-10(12(17)14(19)15(20)13(11)18)9(23)3-1-6-5-7(21)2-4-8(6)22/h1-5,21-22H/b3-1+. The Hall–Kier alpha value is -2.90. The molecule has 0 amide bonds. The predicted octanol–water partition coefficient (Wildman–Crippen LogP) is 3.69. The van der Waals surface area contributed by atoms with Gasteiger partial charge >= 0.3 is 0 Å². The molecule has 8 heteroatoms. The van der Waals surface area contributed by atoms with Crippen molar-refractivity contribution in [3.8, 4) is 11.5 Å². The highest BCUT2D eigenvalue weighted by Crippen LogP contribution is 2.26. The molecule has 2 N–H and O–H groups in total. The maximum absolute atomic E-state index is 13.5. The summed E-state index contributed by atoms with van der Waals surface area (Å²) in [5.74, 6) is -13.5. The van der Waals surface area contributed by atoms with E-state index in [9.17, 15) is 37.0 Å². The Labute approximate surface area is 125 Å². The van der Waals surface area contributed by atoms with Crippen molar-refractivity contribution in [1.29, 1.82) is 0 Å². The van der Waals surface area contributed by atoms with Crippen molar-refractivity contribution in [3.63, 3.8) is 0 Å². The molecule has 2 aromatic rings. The number of hydrogen-bond donors (Lipinski definition) is 2. The molecule has 0 aliphatic heterocycles. The maximum atomic E-state index is 13.5. The molecular weight excluding hydrogens is 323 g/mol. The lowest BCUT2D eigenvalue weighted by molar-refractivity contribution is 0.103. The number of phenolic OH excluding ortho intramolecular Hbond substituents is 2. The van der Waals surface area contributed by atoms with Gasteiger partial charge in [-0.3, -0.25) is 4.79 Å². The lowest BCUT2D eigenvalue weighted by Crippen LogP contribution is -2.11. The second-order valence-corrected chi connectivity index (χ2v) is 4.39. The number of carbonyl (C=O) groups excluding carboxylic acids is 1. The first-order valence-electron chi connectivity index (χ1n) is 5.99. The average Bonchev–Trinajstić information content (AvgIpc) is 2.52. The first kappa shape index (κ1) is 16.5. The van der Waals surface area contributed by atoms with E-state index in [1.165, 1.54) is 0 Å². The van der Waals surface area contributed by atoms with Crippen LogP contribution in [-0.4, -0.2) is 16.0 Å². The normalized spacial score (nSPS) is 11.2. The first-order valence-corrected chi connectivity index (χ1v) is 5.99. The van der Waals surface area contributed by atoms with Crippen molar-refractivity contribution in [2.75, 3.05) is 0 Å². The fourth-order valence-corrected chi connectivity index (χ4v) is 1.75. The molecule has 0 saturated carbocycles. The Balaban J connectivity index is 2.46. The van der Waals surface area contributed by atoms with Crippen LogP contribution >= 0.6 is 0 Å². The summed E-state index contributed by atoms with van der Waals surface area (Å²) in [7, 11) is 0. The maximum Gasteiger partial charge on any atom is 0.200 e. The second-order valence-electron chi connectivity index (χ2n) is 4.39. The third-order valence-corrected chi connectivity index (χ3v) is 2.88. The minimum Gasteiger partial charge on any atom is -0.508 e. The van der Waals surface area contributed by atoms with E-state index in [0.717, 1.165) is 24.3 Å². The van der Waals surface area contributed by atoms with Crippen molar-refractivity contribution < 1.29 is 37.0 Å². The Morgan fingerprint density at radius 2 is 1.39 bits per heavy atom. The van der Waals surface area contributed by atoms with Gasteiger partial charge in [0.1, 0.15) is 11.5 Å². The van der Waals surface area contributed by atoms with Gasteiger partial charge in [0.25, 0.3) is 0 Å². The number of ketones is 1. The average molecular weight is 330 g/mol. The van der Waals surface area contributed by atoms with Crippen molar-refractivity contribution >= 4 is 11.9 Å². The van der Waals surface area contributed by atoms with Crippen LogP contribution < -0.4 is 0 Å². The van der Waals surface area contributed by atoms with Gasteiger partial charge in [-0.15, -0.1) is 0 Å². The Morgan fingerprint density at radius 3 is 1.96 bits per heavy atom. The van der Waals surface area contributed by atoms with E-state index >= 15 is 0 Å². The highest BCUT2D eigenvalue weighted by molar-refractivity contribution is 6.07. The van der Waals surface area contributed by atoms with E-state index in [4.69, 9.17) is 0 Å². The highest BCUT2D eigenvalue weighted by Gasteiger charge is 2.28. The minimum atomic E-state index is -2.37. The number of phenols is 2. The molecule has 0 bridgehead atoms. The molecule has 2 rings (SSSR count). The highest BCUT2D eigenvalue weighted by atomic mass is 19.2. The summed E-state index contributed by atoms with van der Waals surface area (Å²) in [6.07, 6.45) is 1.36. The molecule has 0 radical (unpaired) electrons. The number of hydrogen-bond acceptors (Lipinski definition) is 3. The zero-order valence-corrected chi connectivity index (χ0v) is 11.1. The van der Waals surface area contributed by atoms with E-state index in [-0.39, 0.29) is 17.1 Å². The van der Waals surface area contributed by atoms with Gasteiger partial charge in [0, 0.05) is 5.56 Å². The molecule has 23 heavy (non-hydrogen) atoms. The van der Waals surface area contributed by atoms with E-state index in [1.807, 2.05) is 0 Å². The van der Waals surface area contributed by atoms with Gasteiger partial charge in [-0.2, -0.15) is 0 Å². The lowest BCUT2D eigenvalue weighted by atomic mass is 10.1. The van der Waals surface area contributed by atoms with Crippen LogP contribution in [0.15, 0.2) is 24.3 Å². The van der Waals surface area contributed by atoms with Crippen molar-refractivity contribution in [3.05, 3.63) is 64.5 Å². The number of carbonyl (C=O) groups is 1. The fourth-order valence-electron chi connectivity index (χ4n) is 1.75. The van der Waals surface area contributed by atoms with Gasteiger partial charge < -0.3 is 10.2 Å². The van der Waals surface area contributed by atoms with Crippen LogP contribution in [0, 0.1) is 29.1 Å². The Kier molecular flexibility index (Phi) is 4.35. The van der Waals surface area contributed by atoms with E-state index in [1.54, 1.807) is 0 Å². The molecule has 0 atom stereocenters. The molecule has 0 heterocycles. The van der Waals surface area contributed by atoms with Crippen LogP contribution in [0.4, 0.5) is 22.0 Å². The summed E-state index contributed by atoms with van der Waals surface area (Å²) in [6, 6.07) is 3.24. The number of aromatic hydroxyl groups is 2. The Morgan fingerprint density at radius 1 is 0.870 bits per heavy atom. The van der Waals surface area contributed by atoms with E-state index in [2.05, 4.69) is 0 Å². The first-order chi connectivity index (χ1) is 10.7. The van der Waals surface area contributed by atoms with E-state index in [0.29, 0.717) is 6.08 Å². The minimum absolute atomic E-state index is 0.0952. The number of rotatable bonds is 3. The molecule has 0 fully saturated rings. The number of halogens is 5. The monoisotopic (exact) mass is 330 g/mol. The molecule has 0 aliphatic rings. The van der Waals surface area contributed by atoms with Crippen LogP contribution in [-0.2, 0) is 0 Å². The zero-order chi connectivity index (χ0) is 17.3. The van der Waals surface area contributed by atoms with Crippen LogP contribution in [0.25, 0.3) is 6.08 Å². The Bertz CT molecular complexity index is 801. The fraction of sp³-hybridized carbons (Fsp3) is 0. The molecule has 2 aromatic carbocycles.